The summed E-state index contributed by atoms with van der Waals surface area (Å²) >= 11 is 0. The molecule has 0 aromatic rings. The Balaban J connectivity index is 2.45. The van der Waals surface area contributed by atoms with E-state index in [-0.39, 0.29) is 12.1 Å². The summed E-state index contributed by atoms with van der Waals surface area (Å²) in [5.74, 6) is 0. The number of methoxy groups -OCH3 is 1. The lowest BCUT2D eigenvalue weighted by atomic mass is 9.93. The standard InChI is InChI=1S/C6H13BO4/c1-10-2-3-4(8)5(9)6(7)11-3/h3-6,8-9H,2,7H2,1H3/t3-,4+,5?,6-/m1/s1. The molecule has 4 atom stereocenters. The van der Waals surface area contributed by atoms with Crippen molar-refractivity contribution in [2.75, 3.05) is 13.7 Å². The quantitative estimate of drug-likeness (QED) is 0.446. The fraction of sp³-hybridized carbons (Fsp3) is 1.00. The van der Waals surface area contributed by atoms with Crippen LogP contribution < -0.4 is 0 Å². The molecule has 0 amide bonds. The number of aliphatic hydroxyl groups is 2. The summed E-state index contributed by atoms with van der Waals surface area (Å²) in [5, 5.41) is 18.5. The average molecular weight is 160 g/mol. The minimum absolute atomic E-state index is 0.301. The first-order chi connectivity index (χ1) is 5.16. The molecular weight excluding hydrogens is 147 g/mol. The van der Waals surface area contributed by atoms with Crippen molar-refractivity contribution in [2.24, 2.45) is 0 Å². The molecule has 11 heavy (non-hydrogen) atoms. The van der Waals surface area contributed by atoms with Crippen molar-refractivity contribution in [1.82, 2.24) is 0 Å². The van der Waals surface area contributed by atoms with Crippen LogP contribution in [0, 0.1) is 0 Å². The van der Waals surface area contributed by atoms with Gasteiger partial charge in [0.1, 0.15) is 26.2 Å². The van der Waals surface area contributed by atoms with Crippen molar-refractivity contribution in [3.05, 3.63) is 0 Å². The second-order valence-corrected chi connectivity index (χ2v) is 2.82. The number of hydrogen-bond donors (Lipinski definition) is 2. The molecule has 1 aliphatic heterocycles. The molecule has 1 saturated heterocycles. The second kappa shape index (κ2) is 3.54. The molecular formula is C6H13BO4. The van der Waals surface area contributed by atoms with Gasteiger partial charge in [0.15, 0.2) is 0 Å². The van der Waals surface area contributed by atoms with E-state index in [1.165, 1.54) is 7.11 Å². The Morgan fingerprint density at radius 2 is 2.09 bits per heavy atom. The Morgan fingerprint density at radius 3 is 2.45 bits per heavy atom. The maximum Gasteiger partial charge on any atom is 0.142 e. The highest BCUT2D eigenvalue weighted by Gasteiger charge is 2.39. The summed E-state index contributed by atoms with van der Waals surface area (Å²) in [4.78, 5) is 0. The van der Waals surface area contributed by atoms with Gasteiger partial charge in [0.2, 0.25) is 0 Å². The number of ether oxygens (including phenoxy) is 2. The van der Waals surface area contributed by atoms with Crippen molar-refractivity contribution in [3.8, 4) is 0 Å². The highest BCUT2D eigenvalue weighted by atomic mass is 16.6. The van der Waals surface area contributed by atoms with Gasteiger partial charge in [-0.1, -0.05) is 0 Å². The minimum Gasteiger partial charge on any atom is -0.388 e. The topological polar surface area (TPSA) is 58.9 Å². The molecule has 1 unspecified atom stereocenters. The van der Waals surface area contributed by atoms with Gasteiger partial charge in [-0.25, -0.2) is 0 Å². The van der Waals surface area contributed by atoms with Gasteiger partial charge in [-0.3, -0.25) is 0 Å². The lowest BCUT2D eigenvalue weighted by Crippen LogP contribution is -2.34. The first-order valence-corrected chi connectivity index (χ1v) is 3.67. The van der Waals surface area contributed by atoms with E-state index in [0.717, 1.165) is 0 Å². The van der Waals surface area contributed by atoms with Gasteiger partial charge in [0, 0.05) is 7.11 Å². The molecule has 5 heteroatoms. The molecule has 1 rings (SSSR count). The molecule has 1 aliphatic rings. The molecule has 1 heterocycles. The predicted molar refractivity (Wildman–Crippen MR) is 41.1 cm³/mol. The molecule has 0 spiro atoms. The maximum atomic E-state index is 9.30. The van der Waals surface area contributed by atoms with Gasteiger partial charge in [-0.2, -0.15) is 0 Å². The van der Waals surface area contributed by atoms with E-state index in [1.54, 1.807) is 7.85 Å². The van der Waals surface area contributed by atoms with E-state index >= 15 is 0 Å². The largest absolute Gasteiger partial charge is 0.388 e. The summed E-state index contributed by atoms with van der Waals surface area (Å²) in [6.07, 6.45) is -1.98. The predicted octanol–water partition coefficient (Wildman–Crippen LogP) is -2.29. The molecule has 0 aliphatic carbocycles. The summed E-state index contributed by atoms with van der Waals surface area (Å²) in [7, 11) is 3.26. The van der Waals surface area contributed by atoms with Crippen molar-refractivity contribution in [1.29, 1.82) is 0 Å². The van der Waals surface area contributed by atoms with Gasteiger partial charge in [0.05, 0.1) is 12.6 Å². The molecule has 2 N–H and O–H groups in total. The molecule has 0 radical (unpaired) electrons. The van der Waals surface area contributed by atoms with Crippen LogP contribution in [-0.2, 0) is 9.47 Å². The van der Waals surface area contributed by atoms with Crippen LogP contribution in [0.2, 0.25) is 0 Å². The zero-order valence-corrected chi connectivity index (χ0v) is 6.73. The van der Waals surface area contributed by atoms with Crippen molar-refractivity contribution in [2.45, 2.75) is 24.3 Å². The lowest BCUT2D eigenvalue weighted by Gasteiger charge is -2.12. The highest BCUT2D eigenvalue weighted by molar-refractivity contribution is 6.11. The Morgan fingerprint density at radius 1 is 1.45 bits per heavy atom. The van der Waals surface area contributed by atoms with Crippen LogP contribution in [0.25, 0.3) is 0 Å². The van der Waals surface area contributed by atoms with Gasteiger partial charge in [-0.15, -0.1) is 0 Å². The van der Waals surface area contributed by atoms with Gasteiger partial charge in [0.25, 0.3) is 0 Å². The van der Waals surface area contributed by atoms with E-state index in [0.29, 0.717) is 6.61 Å². The molecule has 0 bridgehead atoms. The zero-order chi connectivity index (χ0) is 8.43. The lowest BCUT2D eigenvalue weighted by molar-refractivity contribution is -0.0210. The summed E-state index contributed by atoms with van der Waals surface area (Å²) in [6.45, 7) is 0.322. The Bertz CT molecular complexity index is 132. The van der Waals surface area contributed by atoms with E-state index < -0.39 is 12.2 Å². The first kappa shape index (κ1) is 9.00. The zero-order valence-electron chi connectivity index (χ0n) is 6.73. The SMILES string of the molecule is B[C@@H]1O[C@H](COC)[C@H](O)C1O. The summed E-state index contributed by atoms with van der Waals surface area (Å²) in [5.41, 5.74) is 0. The molecule has 0 saturated carbocycles. The van der Waals surface area contributed by atoms with E-state index in [2.05, 4.69) is 0 Å². The fourth-order valence-corrected chi connectivity index (χ4v) is 1.24. The molecule has 0 aromatic heterocycles. The monoisotopic (exact) mass is 160 g/mol. The number of aliphatic hydroxyl groups excluding tert-OH is 2. The highest BCUT2D eigenvalue weighted by Crippen LogP contribution is 2.18. The molecule has 1 fully saturated rings. The molecule has 64 valence electrons. The second-order valence-electron chi connectivity index (χ2n) is 2.82. The van der Waals surface area contributed by atoms with Crippen LogP contribution in [0.4, 0.5) is 0 Å². The van der Waals surface area contributed by atoms with Crippen LogP contribution in [0.15, 0.2) is 0 Å². The third-order valence-corrected chi connectivity index (χ3v) is 1.93. The van der Waals surface area contributed by atoms with Gasteiger partial charge < -0.3 is 19.7 Å². The van der Waals surface area contributed by atoms with Gasteiger partial charge in [-0.05, 0) is 0 Å². The van der Waals surface area contributed by atoms with Crippen LogP contribution in [0.5, 0.6) is 0 Å². The summed E-state index contributed by atoms with van der Waals surface area (Å²) in [6, 6.07) is -0.301. The molecule has 4 nitrogen and oxygen atoms in total. The maximum absolute atomic E-state index is 9.30. The van der Waals surface area contributed by atoms with Crippen LogP contribution in [0.1, 0.15) is 0 Å². The number of rotatable bonds is 2. The van der Waals surface area contributed by atoms with Crippen molar-refractivity contribution in [3.63, 3.8) is 0 Å². The third kappa shape index (κ3) is 1.73. The Kier molecular flexibility index (Phi) is 2.89. The van der Waals surface area contributed by atoms with Crippen molar-refractivity contribution < 1.29 is 19.7 Å². The smallest absolute Gasteiger partial charge is 0.142 e. The normalized spacial score (nSPS) is 44.6. The van der Waals surface area contributed by atoms with E-state index in [1.807, 2.05) is 0 Å². The Hall–Kier alpha value is -0.0951. The van der Waals surface area contributed by atoms with Crippen LogP contribution >= 0.6 is 0 Å². The van der Waals surface area contributed by atoms with E-state index in [9.17, 15) is 10.2 Å². The fourth-order valence-electron chi connectivity index (χ4n) is 1.24. The first-order valence-electron chi connectivity index (χ1n) is 3.67. The average Bonchev–Trinajstić information content (AvgIpc) is 2.19. The Labute approximate surface area is 66.5 Å². The minimum atomic E-state index is -0.815. The van der Waals surface area contributed by atoms with Crippen LogP contribution in [-0.4, -0.2) is 56.1 Å². The third-order valence-electron chi connectivity index (χ3n) is 1.93. The van der Waals surface area contributed by atoms with Crippen LogP contribution in [0.3, 0.4) is 0 Å². The number of hydrogen-bond acceptors (Lipinski definition) is 4. The van der Waals surface area contributed by atoms with Crippen molar-refractivity contribution >= 4 is 7.85 Å². The van der Waals surface area contributed by atoms with Gasteiger partial charge >= 0.3 is 0 Å². The molecule has 0 aromatic carbocycles. The summed E-state index contributed by atoms with van der Waals surface area (Å²) < 4.78 is 10.00. The van der Waals surface area contributed by atoms with E-state index in [4.69, 9.17) is 9.47 Å².